The minimum atomic E-state index is -4.79. The third-order valence-electron chi connectivity index (χ3n) is 4.67. The minimum Gasteiger partial charge on any atom is -0.323 e. The van der Waals surface area contributed by atoms with E-state index in [0.29, 0.717) is 6.07 Å². The molecule has 4 heterocycles. The van der Waals surface area contributed by atoms with Gasteiger partial charge in [-0.1, -0.05) is 6.92 Å². The Hall–Kier alpha value is -3.86. The second-order valence-corrected chi connectivity index (χ2v) is 8.83. The number of nitriles is 1. The first-order chi connectivity index (χ1) is 15.1. The molecule has 0 saturated carbocycles. The molecular formula is C18H13F3N8O2S. The molecule has 0 saturated heterocycles. The number of hydrogen-bond donors (Lipinski definition) is 0. The number of hydrogen-bond acceptors (Lipinski definition) is 8. The van der Waals surface area contributed by atoms with Crippen LogP contribution >= 0.6 is 0 Å². The van der Waals surface area contributed by atoms with Crippen molar-refractivity contribution in [3.8, 4) is 23.4 Å². The summed E-state index contributed by atoms with van der Waals surface area (Å²) in [6, 6.07) is 5.09. The van der Waals surface area contributed by atoms with Crippen LogP contribution in [0.4, 0.5) is 13.2 Å². The molecule has 0 aromatic carbocycles. The van der Waals surface area contributed by atoms with E-state index < -0.39 is 27.4 Å². The number of halogens is 3. The van der Waals surface area contributed by atoms with Crippen LogP contribution in [0.25, 0.3) is 28.4 Å². The Morgan fingerprint density at radius 1 is 1.19 bits per heavy atom. The van der Waals surface area contributed by atoms with Gasteiger partial charge in [-0.15, -0.1) is 0 Å². The second kappa shape index (κ2) is 7.38. The van der Waals surface area contributed by atoms with Crippen molar-refractivity contribution in [3.05, 3.63) is 42.2 Å². The van der Waals surface area contributed by atoms with Crippen molar-refractivity contribution in [1.82, 2.24) is 34.3 Å². The van der Waals surface area contributed by atoms with E-state index in [0.717, 1.165) is 0 Å². The fourth-order valence-corrected chi connectivity index (χ4v) is 4.15. The number of sulfone groups is 1. The molecule has 0 bridgehead atoms. The van der Waals surface area contributed by atoms with E-state index in [-0.39, 0.29) is 39.0 Å². The average molecular weight is 462 g/mol. The molecule has 0 aliphatic carbocycles. The quantitative estimate of drug-likeness (QED) is 0.451. The molecule has 4 aromatic heterocycles. The molecule has 0 radical (unpaired) electrons. The average Bonchev–Trinajstić information content (AvgIpc) is 3.40. The van der Waals surface area contributed by atoms with Gasteiger partial charge in [-0.2, -0.15) is 23.5 Å². The van der Waals surface area contributed by atoms with E-state index in [1.807, 2.05) is 0 Å². The lowest BCUT2D eigenvalue weighted by Crippen LogP contribution is -2.11. The van der Waals surface area contributed by atoms with Gasteiger partial charge in [0, 0.05) is 7.05 Å². The summed E-state index contributed by atoms with van der Waals surface area (Å²) in [4.78, 5) is 15.6. The number of imidazole rings is 1. The highest BCUT2D eigenvalue weighted by Gasteiger charge is 2.35. The Bertz CT molecular complexity index is 1490. The Labute approximate surface area is 178 Å². The number of aryl methyl sites for hydroxylation is 1. The number of rotatable bonds is 4. The van der Waals surface area contributed by atoms with Gasteiger partial charge in [-0.05, 0) is 18.2 Å². The zero-order valence-electron chi connectivity index (χ0n) is 16.5. The predicted octanol–water partition coefficient (Wildman–Crippen LogP) is 2.30. The SMILES string of the molecule is CCS(=O)(=O)c1ccc(-n2cncn2)nc1-c1nc2cc(C(F)(F)F)nc(C#N)c2n1C. The van der Waals surface area contributed by atoms with Crippen LogP contribution in [0.1, 0.15) is 18.3 Å². The summed E-state index contributed by atoms with van der Waals surface area (Å²) in [5.74, 6) is -0.0711. The summed E-state index contributed by atoms with van der Waals surface area (Å²) in [5.41, 5.74) is -2.03. The van der Waals surface area contributed by atoms with Gasteiger partial charge in [0.05, 0.1) is 16.2 Å². The highest BCUT2D eigenvalue weighted by molar-refractivity contribution is 7.91. The fraction of sp³-hybridized carbons (Fsp3) is 0.222. The molecule has 0 unspecified atom stereocenters. The highest BCUT2D eigenvalue weighted by atomic mass is 32.2. The fourth-order valence-electron chi connectivity index (χ4n) is 3.13. The Balaban J connectivity index is 2.06. The van der Waals surface area contributed by atoms with Crippen molar-refractivity contribution in [2.45, 2.75) is 18.0 Å². The first-order valence-electron chi connectivity index (χ1n) is 9.00. The van der Waals surface area contributed by atoms with E-state index in [4.69, 9.17) is 0 Å². The maximum atomic E-state index is 13.2. The van der Waals surface area contributed by atoms with Crippen molar-refractivity contribution >= 4 is 20.9 Å². The molecule has 0 N–H and O–H groups in total. The summed E-state index contributed by atoms with van der Waals surface area (Å²) in [6.07, 6.45) is -2.18. The first-order valence-corrected chi connectivity index (χ1v) is 10.7. The van der Waals surface area contributed by atoms with Crippen LogP contribution in [-0.4, -0.2) is 48.5 Å². The third kappa shape index (κ3) is 3.46. The van der Waals surface area contributed by atoms with E-state index in [2.05, 4.69) is 25.0 Å². The smallest absolute Gasteiger partial charge is 0.323 e. The topological polar surface area (TPSA) is 132 Å². The Kier molecular flexibility index (Phi) is 4.93. The molecule has 0 amide bonds. The lowest BCUT2D eigenvalue weighted by molar-refractivity contribution is -0.141. The maximum absolute atomic E-state index is 13.2. The van der Waals surface area contributed by atoms with Crippen LogP contribution in [0, 0.1) is 11.3 Å². The van der Waals surface area contributed by atoms with E-state index in [9.17, 15) is 26.9 Å². The van der Waals surface area contributed by atoms with Crippen molar-refractivity contribution in [2.75, 3.05) is 5.75 Å². The number of fused-ring (bicyclic) bond motifs is 1. The van der Waals surface area contributed by atoms with E-state index >= 15 is 0 Å². The summed E-state index contributed by atoms with van der Waals surface area (Å²) in [5, 5.41) is 13.3. The van der Waals surface area contributed by atoms with Gasteiger partial charge in [-0.25, -0.2) is 33.0 Å². The maximum Gasteiger partial charge on any atom is 0.433 e. The number of pyridine rings is 2. The number of aromatic nitrogens is 7. The van der Waals surface area contributed by atoms with Gasteiger partial charge in [0.15, 0.2) is 27.2 Å². The molecule has 0 aliphatic heterocycles. The van der Waals surface area contributed by atoms with Crippen LogP contribution in [0.2, 0.25) is 0 Å². The standard InChI is InChI=1S/C18H13F3N8O2S/c1-3-32(30,31)12-4-5-14(29-9-23-8-24-29)27-15(12)17-26-10-6-13(18(19,20)21)25-11(7-22)16(10)28(17)2/h4-6,8-9H,3H2,1-2H3. The molecule has 0 aliphatic rings. The van der Waals surface area contributed by atoms with E-state index in [1.165, 1.54) is 48.0 Å². The van der Waals surface area contributed by atoms with Crippen molar-refractivity contribution < 1.29 is 21.6 Å². The molecule has 4 aromatic rings. The lowest BCUT2D eigenvalue weighted by Gasteiger charge is -2.11. The molecule has 14 heteroatoms. The van der Waals surface area contributed by atoms with Crippen LogP contribution in [0.5, 0.6) is 0 Å². The normalized spacial score (nSPS) is 12.2. The summed E-state index contributed by atoms with van der Waals surface area (Å²) >= 11 is 0. The van der Waals surface area contributed by atoms with Gasteiger partial charge in [0.1, 0.15) is 35.6 Å². The zero-order valence-corrected chi connectivity index (χ0v) is 17.3. The first kappa shape index (κ1) is 21.4. The largest absolute Gasteiger partial charge is 0.433 e. The van der Waals surface area contributed by atoms with Crippen molar-refractivity contribution in [3.63, 3.8) is 0 Å². The van der Waals surface area contributed by atoms with Crippen LogP contribution in [0.15, 0.2) is 35.7 Å². The monoisotopic (exact) mass is 462 g/mol. The van der Waals surface area contributed by atoms with Crippen LogP contribution in [-0.2, 0) is 23.1 Å². The molecule has 0 atom stereocenters. The molecule has 0 spiro atoms. The summed E-state index contributed by atoms with van der Waals surface area (Å²) in [7, 11) is -2.35. The predicted molar refractivity (Wildman–Crippen MR) is 104 cm³/mol. The Morgan fingerprint density at radius 2 is 1.94 bits per heavy atom. The number of alkyl halides is 3. The van der Waals surface area contributed by atoms with Crippen molar-refractivity contribution in [1.29, 1.82) is 5.26 Å². The molecule has 0 fully saturated rings. The molecule has 10 nitrogen and oxygen atoms in total. The molecular weight excluding hydrogens is 449 g/mol. The second-order valence-electron chi connectivity index (χ2n) is 6.59. The Morgan fingerprint density at radius 3 is 2.53 bits per heavy atom. The lowest BCUT2D eigenvalue weighted by atomic mass is 10.2. The summed E-state index contributed by atoms with van der Waals surface area (Å²) < 4.78 is 67.7. The van der Waals surface area contributed by atoms with E-state index in [1.54, 1.807) is 6.07 Å². The van der Waals surface area contributed by atoms with Gasteiger partial charge in [-0.3, -0.25) is 0 Å². The summed E-state index contributed by atoms with van der Waals surface area (Å²) in [6.45, 7) is 1.45. The van der Waals surface area contributed by atoms with Gasteiger partial charge in [0.25, 0.3) is 0 Å². The molecule has 32 heavy (non-hydrogen) atoms. The molecule has 4 rings (SSSR count). The van der Waals surface area contributed by atoms with Gasteiger partial charge < -0.3 is 4.57 Å². The van der Waals surface area contributed by atoms with Crippen LogP contribution < -0.4 is 0 Å². The third-order valence-corrected chi connectivity index (χ3v) is 6.43. The zero-order chi connectivity index (χ0) is 23.3. The molecule has 164 valence electrons. The highest BCUT2D eigenvalue weighted by Crippen LogP contribution is 2.34. The van der Waals surface area contributed by atoms with Gasteiger partial charge >= 0.3 is 6.18 Å². The van der Waals surface area contributed by atoms with Gasteiger partial charge in [0.2, 0.25) is 0 Å². The minimum absolute atomic E-state index is 0.0169. The van der Waals surface area contributed by atoms with Crippen molar-refractivity contribution in [2.24, 2.45) is 7.05 Å². The number of nitrogens with zero attached hydrogens (tertiary/aromatic N) is 8. The van der Waals surface area contributed by atoms with Crippen LogP contribution in [0.3, 0.4) is 0 Å².